The van der Waals surface area contributed by atoms with Crippen molar-refractivity contribution < 1.29 is 5.21 Å². The molecule has 1 heterocycles. The van der Waals surface area contributed by atoms with Crippen LogP contribution >= 0.6 is 15.9 Å². The second kappa shape index (κ2) is 4.35. The van der Waals surface area contributed by atoms with E-state index in [-0.39, 0.29) is 0 Å². The standard InChI is InChI=1S/C11H12BrN3O/c1-7-9-5-8(12)3-4-10(9)14-11(13-2)6-15(7)16/h3-5,16H,6H2,1-2H3. The van der Waals surface area contributed by atoms with Crippen LogP contribution < -0.4 is 10.6 Å². The van der Waals surface area contributed by atoms with E-state index in [2.05, 4.69) is 25.9 Å². The molecule has 0 saturated carbocycles. The first-order valence-corrected chi connectivity index (χ1v) is 5.68. The van der Waals surface area contributed by atoms with Crippen LogP contribution in [0.3, 0.4) is 0 Å². The van der Waals surface area contributed by atoms with E-state index in [0.29, 0.717) is 12.4 Å². The zero-order chi connectivity index (χ0) is 11.7. The van der Waals surface area contributed by atoms with Gasteiger partial charge in [0.25, 0.3) is 0 Å². The molecule has 5 heteroatoms. The van der Waals surface area contributed by atoms with Crippen molar-refractivity contribution in [1.29, 1.82) is 0 Å². The summed E-state index contributed by atoms with van der Waals surface area (Å²) in [5, 5.41) is 12.8. The van der Waals surface area contributed by atoms with Gasteiger partial charge < -0.3 is 0 Å². The quantitative estimate of drug-likeness (QED) is 0.769. The minimum Gasteiger partial charge on any atom is -0.288 e. The van der Waals surface area contributed by atoms with Crippen LogP contribution in [0.4, 0.5) is 0 Å². The summed E-state index contributed by atoms with van der Waals surface area (Å²) in [6.45, 7) is 2.17. The summed E-state index contributed by atoms with van der Waals surface area (Å²) < 4.78 is 0.964. The molecule has 0 amide bonds. The van der Waals surface area contributed by atoms with Gasteiger partial charge in [0.05, 0.1) is 5.36 Å². The molecule has 16 heavy (non-hydrogen) atoms. The number of benzene rings is 1. The second-order valence-electron chi connectivity index (χ2n) is 3.56. The SMILES string of the molecule is CN=C1CN(O)C(C)=c2cc(Br)ccc2=N1. The van der Waals surface area contributed by atoms with Gasteiger partial charge in [-0.25, -0.2) is 4.99 Å². The molecule has 0 atom stereocenters. The van der Waals surface area contributed by atoms with Gasteiger partial charge in [-0.15, -0.1) is 0 Å². The van der Waals surface area contributed by atoms with Gasteiger partial charge in [0, 0.05) is 22.4 Å². The summed E-state index contributed by atoms with van der Waals surface area (Å²) in [5.41, 5.74) is 0.777. The van der Waals surface area contributed by atoms with Crippen molar-refractivity contribution in [2.24, 2.45) is 9.98 Å². The Morgan fingerprint density at radius 1 is 1.50 bits per heavy atom. The summed E-state index contributed by atoms with van der Waals surface area (Å²) >= 11 is 3.41. The fourth-order valence-electron chi connectivity index (χ4n) is 1.58. The maximum Gasteiger partial charge on any atom is 0.145 e. The van der Waals surface area contributed by atoms with Crippen molar-refractivity contribution in [3.63, 3.8) is 0 Å². The monoisotopic (exact) mass is 281 g/mol. The van der Waals surface area contributed by atoms with Crippen LogP contribution in [-0.2, 0) is 0 Å². The topological polar surface area (TPSA) is 48.2 Å². The Balaban J connectivity index is 2.83. The van der Waals surface area contributed by atoms with E-state index >= 15 is 0 Å². The van der Waals surface area contributed by atoms with E-state index in [4.69, 9.17) is 0 Å². The molecule has 0 fully saturated rings. The Kier molecular flexibility index (Phi) is 3.07. The number of halogens is 1. The van der Waals surface area contributed by atoms with Crippen LogP contribution in [0.5, 0.6) is 0 Å². The first-order valence-electron chi connectivity index (χ1n) is 4.89. The maximum atomic E-state index is 9.84. The van der Waals surface area contributed by atoms with E-state index in [1.807, 2.05) is 25.1 Å². The van der Waals surface area contributed by atoms with E-state index in [1.165, 1.54) is 5.06 Å². The molecule has 1 aromatic rings. The molecule has 0 aliphatic carbocycles. The first-order chi connectivity index (χ1) is 7.61. The van der Waals surface area contributed by atoms with Crippen molar-refractivity contribution in [3.05, 3.63) is 33.2 Å². The molecule has 0 aromatic heterocycles. The lowest BCUT2D eigenvalue weighted by Crippen LogP contribution is -2.30. The highest BCUT2D eigenvalue weighted by molar-refractivity contribution is 9.10. The lowest BCUT2D eigenvalue weighted by molar-refractivity contribution is -0.0139. The lowest BCUT2D eigenvalue weighted by Gasteiger charge is -2.14. The van der Waals surface area contributed by atoms with Gasteiger partial charge in [-0.3, -0.25) is 15.3 Å². The normalized spacial score (nSPS) is 18.1. The highest BCUT2D eigenvalue weighted by Gasteiger charge is 2.11. The molecular formula is C11H12BrN3O. The molecule has 1 aliphatic rings. The van der Waals surface area contributed by atoms with Crippen molar-refractivity contribution in [3.8, 4) is 0 Å². The van der Waals surface area contributed by atoms with Gasteiger partial charge in [0.1, 0.15) is 12.4 Å². The number of hydrogen-bond acceptors (Lipinski definition) is 3. The Morgan fingerprint density at radius 2 is 2.25 bits per heavy atom. The first kappa shape index (κ1) is 11.3. The van der Waals surface area contributed by atoms with Gasteiger partial charge in [-0.2, -0.15) is 0 Å². The number of fused-ring (bicyclic) bond motifs is 1. The molecule has 1 N–H and O–H groups in total. The van der Waals surface area contributed by atoms with Gasteiger partial charge in [0.15, 0.2) is 0 Å². The molecule has 0 bridgehead atoms. The number of hydrogen-bond donors (Lipinski definition) is 1. The van der Waals surface area contributed by atoms with Crippen LogP contribution in [-0.4, -0.2) is 29.7 Å². The molecule has 1 aliphatic heterocycles. The number of amidine groups is 1. The van der Waals surface area contributed by atoms with E-state index in [0.717, 1.165) is 20.7 Å². The largest absolute Gasteiger partial charge is 0.288 e. The Bertz CT molecular complexity index is 565. The van der Waals surface area contributed by atoms with E-state index in [9.17, 15) is 5.21 Å². The molecule has 0 radical (unpaired) electrons. The lowest BCUT2D eigenvalue weighted by atomic mass is 10.2. The van der Waals surface area contributed by atoms with Gasteiger partial charge in [-0.1, -0.05) is 15.9 Å². The van der Waals surface area contributed by atoms with Crippen LogP contribution in [0.1, 0.15) is 6.92 Å². The van der Waals surface area contributed by atoms with Crippen molar-refractivity contribution >= 4 is 27.5 Å². The average Bonchev–Trinajstić information content (AvgIpc) is 2.39. The number of aliphatic imine (C=N–C) groups is 1. The molecule has 4 nitrogen and oxygen atoms in total. The summed E-state index contributed by atoms with van der Waals surface area (Å²) in [6, 6.07) is 5.78. The van der Waals surface area contributed by atoms with Crippen molar-refractivity contribution in [2.45, 2.75) is 6.92 Å². The van der Waals surface area contributed by atoms with Crippen LogP contribution in [0.15, 0.2) is 32.7 Å². The second-order valence-corrected chi connectivity index (χ2v) is 4.47. The number of nitrogens with zero attached hydrogens (tertiary/aromatic N) is 3. The molecule has 0 spiro atoms. The van der Waals surface area contributed by atoms with Crippen LogP contribution in [0.2, 0.25) is 0 Å². The van der Waals surface area contributed by atoms with Crippen molar-refractivity contribution in [2.75, 3.05) is 13.6 Å². The predicted octanol–water partition coefficient (Wildman–Crippen LogP) is 0.930. The summed E-state index contributed by atoms with van der Waals surface area (Å²) in [7, 11) is 1.67. The van der Waals surface area contributed by atoms with Crippen molar-refractivity contribution in [1.82, 2.24) is 5.06 Å². The van der Waals surface area contributed by atoms with Crippen LogP contribution in [0.25, 0.3) is 5.70 Å². The smallest absolute Gasteiger partial charge is 0.145 e. The predicted molar refractivity (Wildman–Crippen MR) is 65.9 cm³/mol. The molecule has 2 rings (SSSR count). The maximum absolute atomic E-state index is 9.84. The zero-order valence-electron chi connectivity index (χ0n) is 9.11. The summed E-state index contributed by atoms with van der Waals surface area (Å²) in [6.07, 6.45) is 0. The average molecular weight is 282 g/mol. The molecule has 84 valence electrons. The van der Waals surface area contributed by atoms with Crippen LogP contribution in [0, 0.1) is 0 Å². The minimum atomic E-state index is 0.314. The Hall–Kier alpha value is -1.20. The fourth-order valence-corrected chi connectivity index (χ4v) is 1.94. The Labute approximate surface area is 102 Å². The third-order valence-electron chi connectivity index (χ3n) is 2.53. The van der Waals surface area contributed by atoms with Gasteiger partial charge in [0.2, 0.25) is 0 Å². The molecule has 0 saturated heterocycles. The number of hydroxylamine groups is 2. The van der Waals surface area contributed by atoms with E-state index < -0.39 is 0 Å². The highest BCUT2D eigenvalue weighted by atomic mass is 79.9. The van der Waals surface area contributed by atoms with Gasteiger partial charge in [-0.05, 0) is 25.1 Å². The fraction of sp³-hybridized carbons (Fsp3) is 0.273. The number of rotatable bonds is 0. The zero-order valence-corrected chi connectivity index (χ0v) is 10.7. The summed E-state index contributed by atoms with van der Waals surface area (Å²) in [5.74, 6) is 0.614. The minimum absolute atomic E-state index is 0.314. The van der Waals surface area contributed by atoms with E-state index in [1.54, 1.807) is 7.05 Å². The molecule has 0 unspecified atom stereocenters. The third kappa shape index (κ3) is 2.01. The third-order valence-corrected chi connectivity index (χ3v) is 3.03. The van der Waals surface area contributed by atoms with Gasteiger partial charge >= 0.3 is 0 Å². The molecular weight excluding hydrogens is 270 g/mol. The summed E-state index contributed by atoms with van der Waals surface area (Å²) in [4.78, 5) is 8.44. The Morgan fingerprint density at radius 3 is 2.94 bits per heavy atom. The highest BCUT2D eigenvalue weighted by Crippen LogP contribution is 2.06. The molecule has 1 aromatic carbocycles.